The van der Waals surface area contributed by atoms with E-state index in [4.69, 9.17) is 4.74 Å². The standard InChI is InChI=1S/C16H11IN2O/c17-14-10-18-16(19-11-14)20-15-8-6-13(7-9-15)12-4-2-1-3-5-12/h1-11H. The minimum atomic E-state index is 0.359. The molecule has 3 rings (SSSR count). The van der Waals surface area contributed by atoms with Crippen molar-refractivity contribution in [1.29, 1.82) is 0 Å². The fraction of sp³-hybridized carbons (Fsp3) is 0. The zero-order valence-electron chi connectivity index (χ0n) is 10.5. The number of ether oxygens (including phenoxy) is 1. The van der Waals surface area contributed by atoms with Crippen molar-refractivity contribution in [2.45, 2.75) is 0 Å². The van der Waals surface area contributed by atoms with Crippen LogP contribution in [-0.2, 0) is 0 Å². The van der Waals surface area contributed by atoms with Crippen LogP contribution >= 0.6 is 22.6 Å². The van der Waals surface area contributed by atoms with Crippen molar-refractivity contribution in [2.75, 3.05) is 0 Å². The number of nitrogens with zero attached hydrogens (tertiary/aromatic N) is 2. The van der Waals surface area contributed by atoms with Crippen LogP contribution in [0, 0.1) is 3.57 Å². The molecular weight excluding hydrogens is 363 g/mol. The van der Waals surface area contributed by atoms with Crippen LogP contribution in [0.1, 0.15) is 0 Å². The summed E-state index contributed by atoms with van der Waals surface area (Å²) in [5, 5.41) is 0. The van der Waals surface area contributed by atoms with Gasteiger partial charge in [0.1, 0.15) is 5.75 Å². The van der Waals surface area contributed by atoms with Gasteiger partial charge >= 0.3 is 6.01 Å². The summed E-state index contributed by atoms with van der Waals surface area (Å²) in [5.41, 5.74) is 2.34. The van der Waals surface area contributed by atoms with Crippen LogP contribution in [0.25, 0.3) is 11.1 Å². The lowest BCUT2D eigenvalue weighted by molar-refractivity contribution is 0.441. The largest absolute Gasteiger partial charge is 0.424 e. The first-order valence-corrected chi connectivity index (χ1v) is 7.20. The summed E-state index contributed by atoms with van der Waals surface area (Å²) in [6.45, 7) is 0. The average molecular weight is 374 g/mol. The molecule has 98 valence electrons. The quantitative estimate of drug-likeness (QED) is 0.632. The lowest BCUT2D eigenvalue weighted by Crippen LogP contribution is -1.91. The van der Waals surface area contributed by atoms with Crippen molar-refractivity contribution in [3.8, 4) is 22.9 Å². The number of rotatable bonds is 3. The van der Waals surface area contributed by atoms with Crippen molar-refractivity contribution in [1.82, 2.24) is 9.97 Å². The summed E-state index contributed by atoms with van der Waals surface area (Å²) in [6.07, 6.45) is 3.45. The van der Waals surface area contributed by atoms with Crippen molar-refractivity contribution in [2.24, 2.45) is 0 Å². The zero-order valence-corrected chi connectivity index (χ0v) is 12.7. The molecule has 20 heavy (non-hydrogen) atoms. The van der Waals surface area contributed by atoms with E-state index in [0.717, 1.165) is 14.9 Å². The van der Waals surface area contributed by atoms with E-state index in [1.54, 1.807) is 12.4 Å². The van der Waals surface area contributed by atoms with Crippen LogP contribution < -0.4 is 4.74 Å². The minimum absolute atomic E-state index is 0.359. The van der Waals surface area contributed by atoms with E-state index in [1.807, 2.05) is 42.5 Å². The maximum atomic E-state index is 5.60. The van der Waals surface area contributed by atoms with Crippen LogP contribution in [0.2, 0.25) is 0 Å². The van der Waals surface area contributed by atoms with Crippen LogP contribution in [0.4, 0.5) is 0 Å². The molecule has 0 N–H and O–H groups in total. The molecule has 0 unspecified atom stereocenters. The smallest absolute Gasteiger partial charge is 0.321 e. The Morgan fingerprint density at radius 1 is 0.750 bits per heavy atom. The molecule has 1 aromatic heterocycles. The van der Waals surface area contributed by atoms with E-state index in [9.17, 15) is 0 Å². The zero-order chi connectivity index (χ0) is 13.8. The van der Waals surface area contributed by atoms with Gasteiger partial charge in [-0.05, 0) is 45.9 Å². The molecule has 0 aliphatic heterocycles. The first kappa shape index (κ1) is 13.1. The highest BCUT2D eigenvalue weighted by Crippen LogP contribution is 2.24. The van der Waals surface area contributed by atoms with E-state index in [0.29, 0.717) is 6.01 Å². The average Bonchev–Trinajstić information content (AvgIpc) is 2.51. The second kappa shape index (κ2) is 6.00. The minimum Gasteiger partial charge on any atom is -0.424 e. The van der Waals surface area contributed by atoms with Crippen molar-refractivity contribution < 1.29 is 4.74 Å². The maximum absolute atomic E-state index is 5.60. The molecule has 0 bridgehead atoms. The Bertz CT molecular complexity index is 682. The molecule has 0 fully saturated rings. The summed E-state index contributed by atoms with van der Waals surface area (Å²) >= 11 is 2.16. The fourth-order valence-corrected chi connectivity index (χ4v) is 2.08. The highest BCUT2D eigenvalue weighted by molar-refractivity contribution is 14.1. The van der Waals surface area contributed by atoms with Gasteiger partial charge in [0.05, 0.1) is 0 Å². The SMILES string of the molecule is Ic1cnc(Oc2ccc(-c3ccccc3)cc2)nc1. The summed E-state index contributed by atoms with van der Waals surface area (Å²) in [6, 6.07) is 18.5. The molecule has 4 heteroatoms. The molecule has 0 radical (unpaired) electrons. The molecule has 0 atom stereocenters. The number of hydrogen-bond donors (Lipinski definition) is 0. The van der Waals surface area contributed by atoms with Crippen LogP contribution in [-0.4, -0.2) is 9.97 Å². The number of hydrogen-bond acceptors (Lipinski definition) is 3. The highest BCUT2D eigenvalue weighted by Gasteiger charge is 2.01. The third-order valence-electron chi connectivity index (χ3n) is 2.77. The van der Waals surface area contributed by atoms with Gasteiger partial charge in [0.25, 0.3) is 0 Å². The second-order valence-corrected chi connectivity index (χ2v) is 5.42. The summed E-state index contributed by atoms with van der Waals surface area (Å²) in [7, 11) is 0. The van der Waals surface area contributed by atoms with Gasteiger partial charge in [0.2, 0.25) is 0 Å². The Hall–Kier alpha value is -1.95. The lowest BCUT2D eigenvalue weighted by atomic mass is 10.1. The molecule has 0 amide bonds. The van der Waals surface area contributed by atoms with Crippen molar-refractivity contribution >= 4 is 22.6 Å². The van der Waals surface area contributed by atoms with Crippen LogP contribution in [0.5, 0.6) is 11.8 Å². The third kappa shape index (κ3) is 3.14. The topological polar surface area (TPSA) is 35.0 Å². The van der Waals surface area contributed by atoms with Crippen molar-refractivity contribution in [3.05, 3.63) is 70.6 Å². The Morgan fingerprint density at radius 3 is 2.00 bits per heavy atom. The van der Waals surface area contributed by atoms with E-state index in [1.165, 1.54) is 5.56 Å². The van der Waals surface area contributed by atoms with Gasteiger partial charge in [0.15, 0.2) is 0 Å². The molecule has 0 saturated carbocycles. The van der Waals surface area contributed by atoms with Gasteiger partial charge in [0, 0.05) is 16.0 Å². The van der Waals surface area contributed by atoms with Gasteiger partial charge in [-0.15, -0.1) is 0 Å². The predicted molar refractivity (Wildman–Crippen MR) is 86.7 cm³/mol. The van der Waals surface area contributed by atoms with Crippen LogP contribution in [0.15, 0.2) is 67.0 Å². The summed E-state index contributed by atoms with van der Waals surface area (Å²) in [4.78, 5) is 8.23. The highest BCUT2D eigenvalue weighted by atomic mass is 127. The number of aromatic nitrogens is 2. The van der Waals surface area contributed by atoms with Crippen molar-refractivity contribution in [3.63, 3.8) is 0 Å². The number of halogens is 1. The van der Waals surface area contributed by atoms with E-state index in [2.05, 4.69) is 44.7 Å². The molecule has 2 aromatic carbocycles. The first-order valence-electron chi connectivity index (χ1n) is 6.12. The maximum Gasteiger partial charge on any atom is 0.321 e. The van der Waals surface area contributed by atoms with Crippen LogP contribution in [0.3, 0.4) is 0 Å². The molecule has 0 spiro atoms. The van der Waals surface area contributed by atoms with Gasteiger partial charge < -0.3 is 4.74 Å². The predicted octanol–water partition coefficient (Wildman–Crippen LogP) is 4.54. The van der Waals surface area contributed by atoms with Gasteiger partial charge in [-0.3, -0.25) is 0 Å². The third-order valence-corrected chi connectivity index (χ3v) is 3.32. The lowest BCUT2D eigenvalue weighted by Gasteiger charge is -2.05. The molecule has 3 aromatic rings. The van der Waals surface area contributed by atoms with Gasteiger partial charge in [-0.2, -0.15) is 0 Å². The fourth-order valence-electron chi connectivity index (χ4n) is 1.80. The molecule has 0 aliphatic rings. The molecule has 0 aliphatic carbocycles. The Balaban J connectivity index is 1.78. The molecular formula is C16H11IN2O. The first-order chi connectivity index (χ1) is 9.81. The Labute approximate surface area is 130 Å². The van der Waals surface area contributed by atoms with E-state index >= 15 is 0 Å². The van der Waals surface area contributed by atoms with E-state index in [-0.39, 0.29) is 0 Å². The molecule has 3 nitrogen and oxygen atoms in total. The summed E-state index contributed by atoms with van der Waals surface area (Å²) < 4.78 is 6.58. The second-order valence-electron chi connectivity index (χ2n) is 4.18. The van der Waals surface area contributed by atoms with Gasteiger partial charge in [-0.1, -0.05) is 42.5 Å². The molecule has 0 saturated heterocycles. The normalized spacial score (nSPS) is 10.2. The number of benzene rings is 2. The monoisotopic (exact) mass is 374 g/mol. The molecule has 1 heterocycles. The Kier molecular flexibility index (Phi) is 3.92. The van der Waals surface area contributed by atoms with E-state index < -0.39 is 0 Å². The Morgan fingerprint density at radius 2 is 1.35 bits per heavy atom. The van der Waals surface area contributed by atoms with Gasteiger partial charge in [-0.25, -0.2) is 9.97 Å². The summed E-state index contributed by atoms with van der Waals surface area (Å²) in [5.74, 6) is 0.728.